The van der Waals surface area contributed by atoms with E-state index in [1.165, 1.54) is 27.4 Å². The number of Topliss-reactive ketones (excluding diaryl/α,β-unsaturated/α-hetero) is 1. The van der Waals surface area contributed by atoms with Crippen LogP contribution in [-0.4, -0.2) is 10.4 Å². The van der Waals surface area contributed by atoms with Gasteiger partial charge in [-0.2, -0.15) is 0 Å². The largest absolute Gasteiger partial charge is 0.340 e. The predicted octanol–water partition coefficient (Wildman–Crippen LogP) is 4.72. The maximum absolute atomic E-state index is 12.2. The normalized spacial score (nSPS) is 14.8. The minimum Gasteiger partial charge on any atom is -0.340 e. The third-order valence-corrected chi connectivity index (χ3v) is 4.62. The summed E-state index contributed by atoms with van der Waals surface area (Å²) in [6.07, 6.45) is 3.83. The summed E-state index contributed by atoms with van der Waals surface area (Å²) in [5, 5.41) is 2.61. The number of benzene rings is 2. The lowest BCUT2D eigenvalue weighted by Crippen LogP contribution is -2.11. The lowest BCUT2D eigenvalue weighted by atomic mass is 9.87. The van der Waals surface area contributed by atoms with E-state index in [1.54, 1.807) is 0 Å². The van der Waals surface area contributed by atoms with Gasteiger partial charge in [0, 0.05) is 40.3 Å². The van der Waals surface area contributed by atoms with E-state index in [-0.39, 0.29) is 0 Å². The average Bonchev–Trinajstić information content (AvgIpc) is 2.83. The fraction of sp³-hybridized carbons (Fsp3) is 0.316. The summed E-state index contributed by atoms with van der Waals surface area (Å²) in [5.74, 6) is 0.311. The molecular formula is C19H19NO. The summed E-state index contributed by atoms with van der Waals surface area (Å²) in [6.45, 7) is 3.24. The molecule has 0 amide bonds. The van der Waals surface area contributed by atoms with Crippen molar-refractivity contribution in [3.63, 3.8) is 0 Å². The molecule has 2 aromatic carbocycles. The number of aryl methyl sites for hydroxylation is 2. The SMILES string of the molecule is CCCn1c2ccccc2c2c3c(ccc21)C(=O)CCC3. The van der Waals surface area contributed by atoms with Crippen molar-refractivity contribution in [1.29, 1.82) is 0 Å². The Morgan fingerprint density at radius 3 is 2.76 bits per heavy atom. The second-order valence-electron chi connectivity index (χ2n) is 5.93. The van der Waals surface area contributed by atoms with Crippen molar-refractivity contribution in [2.45, 2.75) is 39.2 Å². The molecule has 0 unspecified atom stereocenters. The van der Waals surface area contributed by atoms with Crippen molar-refractivity contribution in [3.05, 3.63) is 47.5 Å². The summed E-state index contributed by atoms with van der Waals surface area (Å²) >= 11 is 0. The number of hydrogen-bond donors (Lipinski definition) is 0. The van der Waals surface area contributed by atoms with E-state index >= 15 is 0 Å². The van der Waals surface area contributed by atoms with Gasteiger partial charge in [0.2, 0.25) is 0 Å². The highest BCUT2D eigenvalue weighted by atomic mass is 16.1. The molecule has 1 heterocycles. The van der Waals surface area contributed by atoms with E-state index in [1.807, 2.05) is 6.07 Å². The molecule has 0 radical (unpaired) electrons. The van der Waals surface area contributed by atoms with Gasteiger partial charge in [-0.3, -0.25) is 4.79 Å². The number of carbonyl (C=O) groups is 1. The molecule has 3 aromatic rings. The zero-order valence-electron chi connectivity index (χ0n) is 12.4. The highest BCUT2D eigenvalue weighted by molar-refractivity contribution is 6.13. The monoisotopic (exact) mass is 277 g/mol. The average molecular weight is 277 g/mol. The Labute approximate surface area is 124 Å². The van der Waals surface area contributed by atoms with Crippen molar-refractivity contribution in [3.8, 4) is 0 Å². The van der Waals surface area contributed by atoms with Gasteiger partial charge in [0.1, 0.15) is 0 Å². The second kappa shape index (κ2) is 4.73. The van der Waals surface area contributed by atoms with Gasteiger partial charge in [-0.05, 0) is 43.0 Å². The van der Waals surface area contributed by atoms with Gasteiger partial charge >= 0.3 is 0 Å². The first-order valence-corrected chi connectivity index (χ1v) is 7.87. The highest BCUT2D eigenvalue weighted by Gasteiger charge is 2.22. The number of para-hydroxylation sites is 1. The van der Waals surface area contributed by atoms with Gasteiger partial charge in [-0.25, -0.2) is 0 Å². The zero-order chi connectivity index (χ0) is 14.4. The molecule has 0 saturated carbocycles. The van der Waals surface area contributed by atoms with Gasteiger partial charge in [0.25, 0.3) is 0 Å². The molecule has 21 heavy (non-hydrogen) atoms. The first-order valence-electron chi connectivity index (χ1n) is 7.87. The van der Waals surface area contributed by atoms with E-state index in [9.17, 15) is 4.79 Å². The third-order valence-electron chi connectivity index (χ3n) is 4.62. The summed E-state index contributed by atoms with van der Waals surface area (Å²) in [5.41, 5.74) is 4.80. The highest BCUT2D eigenvalue weighted by Crippen LogP contribution is 2.36. The first-order chi connectivity index (χ1) is 10.3. The Hall–Kier alpha value is -2.09. The number of hydrogen-bond acceptors (Lipinski definition) is 1. The minimum atomic E-state index is 0.311. The summed E-state index contributed by atoms with van der Waals surface area (Å²) in [7, 11) is 0. The minimum absolute atomic E-state index is 0.311. The molecule has 0 fully saturated rings. The van der Waals surface area contributed by atoms with Crippen molar-refractivity contribution in [2.24, 2.45) is 0 Å². The lowest BCUT2D eigenvalue weighted by molar-refractivity contribution is 0.0973. The number of rotatable bonds is 2. The molecule has 0 saturated heterocycles. The van der Waals surface area contributed by atoms with Crippen LogP contribution in [0.2, 0.25) is 0 Å². The number of aromatic nitrogens is 1. The van der Waals surface area contributed by atoms with Crippen LogP contribution in [0.15, 0.2) is 36.4 Å². The quantitative estimate of drug-likeness (QED) is 0.664. The fourth-order valence-corrected chi connectivity index (χ4v) is 3.76. The molecule has 1 aliphatic rings. The van der Waals surface area contributed by atoms with Crippen molar-refractivity contribution >= 4 is 27.6 Å². The molecule has 2 nitrogen and oxygen atoms in total. The first kappa shape index (κ1) is 12.6. The summed E-state index contributed by atoms with van der Waals surface area (Å²) in [6, 6.07) is 12.8. The standard InChI is InChI=1S/C19H19NO/c1-2-12-20-16-8-4-3-6-15(16)19-14-7-5-9-18(21)13(14)10-11-17(19)20/h3-4,6,8,10-11H,2,5,7,9,12H2,1H3. The van der Waals surface area contributed by atoms with Crippen LogP contribution in [0.5, 0.6) is 0 Å². The third kappa shape index (κ3) is 1.75. The number of fused-ring (bicyclic) bond motifs is 5. The smallest absolute Gasteiger partial charge is 0.163 e. The molecule has 2 heteroatoms. The molecule has 4 rings (SSSR count). The Balaban J connectivity index is 2.17. The van der Waals surface area contributed by atoms with E-state index in [4.69, 9.17) is 0 Å². The van der Waals surface area contributed by atoms with Gasteiger partial charge in [-0.15, -0.1) is 0 Å². The molecule has 0 N–H and O–H groups in total. The van der Waals surface area contributed by atoms with Crippen LogP contribution < -0.4 is 0 Å². The Morgan fingerprint density at radius 2 is 1.90 bits per heavy atom. The predicted molar refractivity (Wildman–Crippen MR) is 87.0 cm³/mol. The van der Waals surface area contributed by atoms with Crippen molar-refractivity contribution in [2.75, 3.05) is 0 Å². The molecule has 106 valence electrons. The molecule has 0 atom stereocenters. The van der Waals surface area contributed by atoms with Gasteiger partial charge in [-0.1, -0.05) is 25.1 Å². The topological polar surface area (TPSA) is 22.0 Å². The molecule has 0 bridgehead atoms. The van der Waals surface area contributed by atoms with Crippen LogP contribution in [0.1, 0.15) is 42.1 Å². The van der Waals surface area contributed by atoms with Crippen LogP contribution in [0.3, 0.4) is 0 Å². The second-order valence-corrected chi connectivity index (χ2v) is 5.93. The summed E-state index contributed by atoms with van der Waals surface area (Å²) < 4.78 is 2.41. The number of ketones is 1. The van der Waals surface area contributed by atoms with Crippen LogP contribution in [0.4, 0.5) is 0 Å². The van der Waals surface area contributed by atoms with Crippen molar-refractivity contribution < 1.29 is 4.79 Å². The maximum Gasteiger partial charge on any atom is 0.163 e. The van der Waals surface area contributed by atoms with Crippen LogP contribution in [-0.2, 0) is 13.0 Å². The van der Waals surface area contributed by atoms with E-state index in [0.29, 0.717) is 12.2 Å². The van der Waals surface area contributed by atoms with E-state index in [0.717, 1.165) is 31.4 Å². The van der Waals surface area contributed by atoms with Crippen LogP contribution in [0.25, 0.3) is 21.8 Å². The Kier molecular flexibility index (Phi) is 2.85. The molecule has 0 spiro atoms. The summed E-state index contributed by atoms with van der Waals surface area (Å²) in [4.78, 5) is 12.2. The zero-order valence-corrected chi connectivity index (χ0v) is 12.4. The van der Waals surface area contributed by atoms with Crippen molar-refractivity contribution in [1.82, 2.24) is 4.57 Å². The van der Waals surface area contributed by atoms with E-state index in [2.05, 4.69) is 41.8 Å². The number of nitrogens with zero attached hydrogens (tertiary/aromatic N) is 1. The Morgan fingerprint density at radius 1 is 1.05 bits per heavy atom. The Bertz CT molecular complexity index is 857. The fourth-order valence-electron chi connectivity index (χ4n) is 3.76. The molecular weight excluding hydrogens is 258 g/mol. The molecule has 0 aliphatic heterocycles. The van der Waals surface area contributed by atoms with Gasteiger partial charge in [0.15, 0.2) is 5.78 Å². The van der Waals surface area contributed by atoms with Crippen LogP contribution >= 0.6 is 0 Å². The molecule has 1 aromatic heterocycles. The maximum atomic E-state index is 12.2. The lowest BCUT2D eigenvalue weighted by Gasteiger charge is -2.16. The van der Waals surface area contributed by atoms with Gasteiger partial charge < -0.3 is 4.57 Å². The number of carbonyl (C=O) groups excluding carboxylic acids is 1. The van der Waals surface area contributed by atoms with Gasteiger partial charge in [0.05, 0.1) is 0 Å². The van der Waals surface area contributed by atoms with E-state index < -0.39 is 0 Å². The van der Waals surface area contributed by atoms with Crippen LogP contribution in [0, 0.1) is 0 Å². The molecule has 1 aliphatic carbocycles.